The van der Waals surface area contributed by atoms with Crippen molar-refractivity contribution in [2.45, 2.75) is 13.0 Å². The minimum absolute atomic E-state index is 0.0872. The molecule has 104 valence electrons. The molecule has 0 radical (unpaired) electrons. The maximum Gasteiger partial charge on any atom is 0.371 e. The zero-order valence-electron chi connectivity index (χ0n) is 10.3. The van der Waals surface area contributed by atoms with Gasteiger partial charge in [0.25, 0.3) is 0 Å². The Hall–Kier alpha value is -2.02. The number of aliphatic hydroxyl groups is 1. The zero-order valence-corrected chi connectivity index (χ0v) is 10.3. The van der Waals surface area contributed by atoms with Crippen molar-refractivity contribution in [3.05, 3.63) is 23.7 Å². The second kappa shape index (κ2) is 5.75. The van der Waals surface area contributed by atoms with Gasteiger partial charge in [0.1, 0.15) is 5.76 Å². The number of furan rings is 1. The molecule has 2 heterocycles. The third-order valence-electron chi connectivity index (χ3n) is 3.12. The number of likely N-dealkylation sites (tertiary alicyclic amines) is 1. The lowest BCUT2D eigenvalue weighted by Gasteiger charge is -2.16. The molecule has 0 saturated carbocycles. The molecule has 1 aromatic rings. The molecule has 1 aliphatic heterocycles. The summed E-state index contributed by atoms with van der Waals surface area (Å²) in [5.74, 6) is -0.745. The van der Waals surface area contributed by atoms with Gasteiger partial charge in [-0.3, -0.25) is 0 Å². The van der Waals surface area contributed by atoms with E-state index >= 15 is 0 Å². The van der Waals surface area contributed by atoms with Crippen LogP contribution in [0.1, 0.15) is 22.7 Å². The van der Waals surface area contributed by atoms with Gasteiger partial charge in [-0.25, -0.2) is 9.59 Å². The molecule has 19 heavy (non-hydrogen) atoms. The Morgan fingerprint density at radius 3 is 2.84 bits per heavy atom. The molecule has 1 aromatic heterocycles. The number of carbonyl (C=O) groups is 2. The van der Waals surface area contributed by atoms with Crippen molar-refractivity contribution in [1.29, 1.82) is 0 Å². The van der Waals surface area contributed by atoms with E-state index in [1.807, 2.05) is 0 Å². The van der Waals surface area contributed by atoms with Crippen LogP contribution in [0.5, 0.6) is 0 Å². The third kappa shape index (κ3) is 3.25. The molecular weight excluding hydrogens is 252 g/mol. The van der Waals surface area contributed by atoms with E-state index in [1.165, 1.54) is 12.1 Å². The molecule has 7 nitrogen and oxygen atoms in total. The van der Waals surface area contributed by atoms with E-state index in [-0.39, 0.29) is 30.9 Å². The van der Waals surface area contributed by atoms with Crippen molar-refractivity contribution >= 4 is 12.0 Å². The number of carbonyl (C=O) groups excluding carboxylic acids is 1. The molecule has 2 amide bonds. The van der Waals surface area contributed by atoms with Gasteiger partial charge in [-0.1, -0.05) is 0 Å². The van der Waals surface area contributed by atoms with Gasteiger partial charge in [0.05, 0.1) is 6.54 Å². The van der Waals surface area contributed by atoms with E-state index in [4.69, 9.17) is 14.6 Å². The molecular formula is C12H16N2O5. The van der Waals surface area contributed by atoms with Gasteiger partial charge < -0.3 is 24.8 Å². The largest absolute Gasteiger partial charge is 0.475 e. The zero-order chi connectivity index (χ0) is 13.8. The molecule has 1 unspecified atom stereocenters. The summed E-state index contributed by atoms with van der Waals surface area (Å²) >= 11 is 0. The van der Waals surface area contributed by atoms with Crippen molar-refractivity contribution in [3.8, 4) is 0 Å². The van der Waals surface area contributed by atoms with Crippen LogP contribution in [0.3, 0.4) is 0 Å². The molecule has 0 aromatic carbocycles. The fraction of sp³-hybridized carbons (Fsp3) is 0.500. The average Bonchev–Trinajstić information content (AvgIpc) is 3.04. The first-order chi connectivity index (χ1) is 9.10. The van der Waals surface area contributed by atoms with Crippen molar-refractivity contribution in [3.63, 3.8) is 0 Å². The number of hydrogen-bond donors (Lipinski definition) is 3. The van der Waals surface area contributed by atoms with Gasteiger partial charge in [-0.2, -0.15) is 0 Å². The summed E-state index contributed by atoms with van der Waals surface area (Å²) in [6.07, 6.45) is 0.799. The highest BCUT2D eigenvalue weighted by Gasteiger charge is 2.25. The van der Waals surface area contributed by atoms with E-state index < -0.39 is 5.97 Å². The number of aliphatic hydroxyl groups excluding tert-OH is 1. The van der Waals surface area contributed by atoms with Crippen LogP contribution >= 0.6 is 0 Å². The number of hydrogen-bond acceptors (Lipinski definition) is 4. The van der Waals surface area contributed by atoms with Gasteiger partial charge in [-0.15, -0.1) is 0 Å². The standard InChI is InChI=1S/C12H16N2O5/c15-7-8-3-4-14(6-8)12(18)13-5-9-1-2-10(19-9)11(16)17/h1-2,8,15H,3-7H2,(H,13,18)(H,16,17). The normalized spacial score (nSPS) is 18.6. The lowest BCUT2D eigenvalue weighted by molar-refractivity contribution is 0.0660. The van der Waals surface area contributed by atoms with Crippen LogP contribution in [0.4, 0.5) is 4.79 Å². The molecule has 1 saturated heterocycles. The van der Waals surface area contributed by atoms with Crippen LogP contribution < -0.4 is 5.32 Å². The first-order valence-corrected chi connectivity index (χ1v) is 6.05. The Morgan fingerprint density at radius 2 is 2.26 bits per heavy atom. The maximum atomic E-state index is 11.8. The minimum Gasteiger partial charge on any atom is -0.475 e. The lowest BCUT2D eigenvalue weighted by atomic mass is 10.1. The predicted octanol–water partition coefficient (Wildman–Crippen LogP) is 0.502. The number of carboxylic acids is 1. The van der Waals surface area contributed by atoms with Gasteiger partial charge in [0, 0.05) is 25.6 Å². The Kier molecular flexibility index (Phi) is 4.06. The first kappa shape index (κ1) is 13.4. The Labute approximate surface area is 109 Å². The average molecular weight is 268 g/mol. The Morgan fingerprint density at radius 1 is 1.47 bits per heavy atom. The van der Waals surface area contributed by atoms with Crippen LogP contribution in [0, 0.1) is 5.92 Å². The number of aromatic carboxylic acids is 1. The van der Waals surface area contributed by atoms with Crippen LogP contribution in [0.2, 0.25) is 0 Å². The van der Waals surface area contributed by atoms with Crippen LogP contribution in [-0.4, -0.2) is 46.8 Å². The minimum atomic E-state index is -1.14. The number of amides is 2. The molecule has 1 fully saturated rings. The van der Waals surface area contributed by atoms with Crippen LogP contribution in [0.25, 0.3) is 0 Å². The van der Waals surface area contributed by atoms with Crippen molar-refractivity contribution in [1.82, 2.24) is 10.2 Å². The molecule has 2 rings (SSSR count). The molecule has 3 N–H and O–H groups in total. The van der Waals surface area contributed by atoms with Crippen molar-refractivity contribution < 1.29 is 24.2 Å². The fourth-order valence-corrected chi connectivity index (χ4v) is 2.03. The molecule has 0 spiro atoms. The van der Waals surface area contributed by atoms with E-state index in [0.29, 0.717) is 18.8 Å². The Balaban J connectivity index is 1.81. The maximum absolute atomic E-state index is 11.8. The highest BCUT2D eigenvalue weighted by Crippen LogP contribution is 2.15. The molecule has 1 atom stereocenters. The van der Waals surface area contributed by atoms with Crippen LogP contribution in [0.15, 0.2) is 16.5 Å². The molecule has 7 heteroatoms. The molecule has 0 aliphatic carbocycles. The summed E-state index contributed by atoms with van der Waals surface area (Å²) in [5, 5.41) is 20.3. The number of urea groups is 1. The van der Waals surface area contributed by atoms with Gasteiger partial charge in [-0.05, 0) is 18.6 Å². The highest BCUT2D eigenvalue weighted by molar-refractivity contribution is 5.84. The quantitative estimate of drug-likeness (QED) is 0.738. The summed E-state index contributed by atoms with van der Waals surface area (Å²) in [5.41, 5.74) is 0. The van der Waals surface area contributed by atoms with Crippen molar-refractivity contribution in [2.75, 3.05) is 19.7 Å². The summed E-state index contributed by atoms with van der Waals surface area (Å²) in [6, 6.07) is 2.63. The topological polar surface area (TPSA) is 103 Å². The number of nitrogens with zero attached hydrogens (tertiary/aromatic N) is 1. The van der Waals surface area contributed by atoms with Crippen LogP contribution in [-0.2, 0) is 6.54 Å². The Bertz CT molecular complexity index is 470. The number of carboxylic acid groups (broad SMARTS) is 1. The second-order valence-corrected chi connectivity index (χ2v) is 4.51. The van der Waals surface area contributed by atoms with Gasteiger partial charge in [0.15, 0.2) is 0 Å². The van der Waals surface area contributed by atoms with E-state index in [9.17, 15) is 9.59 Å². The predicted molar refractivity (Wildman–Crippen MR) is 64.7 cm³/mol. The number of nitrogens with one attached hydrogen (secondary N) is 1. The third-order valence-corrected chi connectivity index (χ3v) is 3.12. The summed E-state index contributed by atoms with van der Waals surface area (Å²) < 4.78 is 5.03. The van der Waals surface area contributed by atoms with E-state index in [0.717, 1.165) is 6.42 Å². The lowest BCUT2D eigenvalue weighted by Crippen LogP contribution is -2.38. The SMILES string of the molecule is O=C(O)c1ccc(CNC(=O)N2CCC(CO)C2)o1. The van der Waals surface area contributed by atoms with Gasteiger partial charge in [0.2, 0.25) is 5.76 Å². The summed E-state index contributed by atoms with van der Waals surface area (Å²) in [6.45, 7) is 1.40. The smallest absolute Gasteiger partial charge is 0.371 e. The summed E-state index contributed by atoms with van der Waals surface area (Å²) in [4.78, 5) is 24.0. The van der Waals surface area contributed by atoms with Crippen molar-refractivity contribution in [2.24, 2.45) is 5.92 Å². The highest BCUT2D eigenvalue weighted by atomic mass is 16.4. The number of rotatable bonds is 4. The molecule has 1 aliphatic rings. The van der Waals surface area contributed by atoms with Gasteiger partial charge >= 0.3 is 12.0 Å². The summed E-state index contributed by atoms with van der Waals surface area (Å²) in [7, 11) is 0. The first-order valence-electron chi connectivity index (χ1n) is 6.05. The molecule has 0 bridgehead atoms. The second-order valence-electron chi connectivity index (χ2n) is 4.51. The van der Waals surface area contributed by atoms with E-state index in [1.54, 1.807) is 4.90 Å². The fourth-order valence-electron chi connectivity index (χ4n) is 2.03. The monoisotopic (exact) mass is 268 g/mol. The van der Waals surface area contributed by atoms with E-state index in [2.05, 4.69) is 5.32 Å².